The van der Waals surface area contributed by atoms with Gasteiger partial charge in [0, 0.05) is 11.3 Å². The molecule has 0 aromatic heterocycles. The number of rotatable bonds is 6. The molecule has 186 valence electrons. The van der Waals surface area contributed by atoms with Crippen molar-refractivity contribution in [2.24, 2.45) is 0 Å². The number of methoxy groups -OCH3 is 1. The Morgan fingerprint density at radius 1 is 0.917 bits per heavy atom. The molecule has 1 aliphatic heterocycles. The molecule has 0 bridgehead atoms. The van der Waals surface area contributed by atoms with E-state index in [1.54, 1.807) is 36.4 Å². The number of hydrogen-bond donors (Lipinski definition) is 1. The maximum atomic E-state index is 13.2. The summed E-state index contributed by atoms with van der Waals surface area (Å²) >= 11 is 0. The van der Waals surface area contributed by atoms with E-state index in [1.807, 2.05) is 19.1 Å². The van der Waals surface area contributed by atoms with Gasteiger partial charge in [0.25, 0.3) is 11.7 Å². The average Bonchev–Trinajstić information content (AvgIpc) is 3.13. The summed E-state index contributed by atoms with van der Waals surface area (Å²) in [5, 5.41) is 11.2. The SMILES string of the molecule is CCc1ccc(/C(O)=C2\C(=O)C(=O)N(c3ccc(OC(F)(F)F)cc3)C2c2ccc(OC)cc2)cc1. The summed E-state index contributed by atoms with van der Waals surface area (Å²) in [6.07, 6.45) is -4.09. The van der Waals surface area contributed by atoms with Crippen molar-refractivity contribution >= 4 is 23.1 Å². The zero-order chi connectivity index (χ0) is 26.0. The third kappa shape index (κ3) is 4.91. The Hall–Kier alpha value is -4.27. The molecule has 1 aliphatic rings. The molecule has 36 heavy (non-hydrogen) atoms. The molecule has 0 radical (unpaired) electrons. The number of nitrogens with zero attached hydrogens (tertiary/aromatic N) is 1. The zero-order valence-electron chi connectivity index (χ0n) is 19.4. The van der Waals surface area contributed by atoms with Gasteiger partial charge in [0.05, 0.1) is 18.7 Å². The van der Waals surface area contributed by atoms with E-state index in [4.69, 9.17) is 4.74 Å². The monoisotopic (exact) mass is 497 g/mol. The molecule has 0 saturated carbocycles. The molecule has 1 atom stereocenters. The minimum atomic E-state index is -4.87. The lowest BCUT2D eigenvalue weighted by molar-refractivity contribution is -0.274. The molecule has 0 aliphatic carbocycles. The Morgan fingerprint density at radius 3 is 2.03 bits per heavy atom. The molecule has 1 fully saturated rings. The van der Waals surface area contributed by atoms with E-state index < -0.39 is 29.8 Å². The van der Waals surface area contributed by atoms with Gasteiger partial charge in [0.15, 0.2) is 0 Å². The van der Waals surface area contributed by atoms with Gasteiger partial charge < -0.3 is 14.6 Å². The summed E-state index contributed by atoms with van der Waals surface area (Å²) in [5.41, 5.74) is 1.91. The third-order valence-corrected chi connectivity index (χ3v) is 5.86. The van der Waals surface area contributed by atoms with E-state index in [1.165, 1.54) is 19.2 Å². The molecule has 6 nitrogen and oxygen atoms in total. The first-order chi connectivity index (χ1) is 17.1. The fourth-order valence-electron chi connectivity index (χ4n) is 4.06. The van der Waals surface area contributed by atoms with Crippen molar-refractivity contribution in [3.05, 3.63) is 95.1 Å². The quantitative estimate of drug-likeness (QED) is 0.265. The molecular formula is C27H22F3NO5. The summed E-state index contributed by atoms with van der Waals surface area (Å²) in [6.45, 7) is 1.98. The fraction of sp³-hybridized carbons (Fsp3) is 0.185. The lowest BCUT2D eigenvalue weighted by Crippen LogP contribution is -2.29. The van der Waals surface area contributed by atoms with Crippen molar-refractivity contribution in [2.75, 3.05) is 12.0 Å². The van der Waals surface area contributed by atoms with E-state index in [2.05, 4.69) is 4.74 Å². The van der Waals surface area contributed by atoms with E-state index >= 15 is 0 Å². The second kappa shape index (κ2) is 9.77. The number of carbonyl (C=O) groups excluding carboxylic acids is 2. The van der Waals surface area contributed by atoms with Gasteiger partial charge in [0.1, 0.15) is 17.3 Å². The second-order valence-electron chi connectivity index (χ2n) is 8.03. The van der Waals surface area contributed by atoms with E-state index in [0.717, 1.165) is 29.0 Å². The number of aliphatic hydroxyl groups excluding tert-OH is 1. The molecule has 4 rings (SSSR count). The highest BCUT2D eigenvalue weighted by Crippen LogP contribution is 2.43. The van der Waals surface area contributed by atoms with Crippen molar-refractivity contribution in [3.63, 3.8) is 0 Å². The standard InChI is InChI=1S/C27H22F3NO5/c1-3-16-4-6-18(7-5-16)24(32)22-23(17-8-12-20(35-2)13-9-17)31(26(34)25(22)33)19-10-14-21(15-11-19)36-27(28,29)30/h4-15,23,32H,3H2,1-2H3/b24-22+. The van der Waals surface area contributed by atoms with Gasteiger partial charge in [0.2, 0.25) is 0 Å². The predicted molar refractivity (Wildman–Crippen MR) is 127 cm³/mol. The van der Waals surface area contributed by atoms with Crippen LogP contribution in [0.1, 0.15) is 29.7 Å². The highest BCUT2D eigenvalue weighted by molar-refractivity contribution is 6.51. The van der Waals surface area contributed by atoms with E-state index in [-0.39, 0.29) is 17.0 Å². The lowest BCUT2D eigenvalue weighted by atomic mass is 9.94. The smallest absolute Gasteiger partial charge is 0.507 e. The van der Waals surface area contributed by atoms with Gasteiger partial charge in [-0.1, -0.05) is 43.3 Å². The van der Waals surface area contributed by atoms with Gasteiger partial charge in [-0.3, -0.25) is 14.5 Å². The first-order valence-electron chi connectivity index (χ1n) is 11.0. The number of halogens is 3. The molecule has 9 heteroatoms. The van der Waals surface area contributed by atoms with Crippen LogP contribution in [0.3, 0.4) is 0 Å². The predicted octanol–water partition coefficient (Wildman–Crippen LogP) is 5.78. The van der Waals surface area contributed by atoms with Gasteiger partial charge in [-0.25, -0.2) is 0 Å². The number of amides is 1. The summed E-state index contributed by atoms with van der Waals surface area (Å²) < 4.78 is 46.8. The number of ether oxygens (including phenoxy) is 2. The van der Waals surface area contributed by atoms with Crippen molar-refractivity contribution < 1.29 is 37.3 Å². The van der Waals surface area contributed by atoms with Gasteiger partial charge in [-0.2, -0.15) is 0 Å². The number of benzene rings is 3. The van der Waals surface area contributed by atoms with Crippen LogP contribution in [0.2, 0.25) is 0 Å². The molecular weight excluding hydrogens is 475 g/mol. The number of aryl methyl sites for hydroxylation is 1. The van der Waals surface area contributed by atoms with Crippen LogP contribution >= 0.6 is 0 Å². The molecule has 1 saturated heterocycles. The summed E-state index contributed by atoms with van der Waals surface area (Å²) in [6, 6.07) is 17.1. The minimum absolute atomic E-state index is 0.134. The molecule has 3 aromatic carbocycles. The number of Topliss-reactive ketones (excluding diaryl/α,β-unsaturated/α-hetero) is 1. The molecule has 1 N–H and O–H groups in total. The first-order valence-corrected chi connectivity index (χ1v) is 11.0. The van der Waals surface area contributed by atoms with Crippen molar-refractivity contribution in [1.29, 1.82) is 0 Å². The third-order valence-electron chi connectivity index (χ3n) is 5.86. The maximum Gasteiger partial charge on any atom is 0.573 e. The normalized spacial score (nSPS) is 17.4. The Balaban J connectivity index is 1.84. The Kier molecular flexibility index (Phi) is 6.74. The van der Waals surface area contributed by atoms with Gasteiger partial charge in [-0.05, 0) is 53.9 Å². The Labute approximate surface area is 205 Å². The highest BCUT2D eigenvalue weighted by atomic mass is 19.4. The van der Waals surface area contributed by atoms with Crippen molar-refractivity contribution in [2.45, 2.75) is 25.7 Å². The molecule has 3 aromatic rings. The molecule has 1 unspecified atom stereocenters. The second-order valence-corrected chi connectivity index (χ2v) is 8.03. The van der Waals surface area contributed by atoms with E-state index in [9.17, 15) is 27.9 Å². The maximum absolute atomic E-state index is 13.2. The van der Waals surface area contributed by atoms with Crippen LogP contribution in [-0.2, 0) is 16.0 Å². The van der Waals surface area contributed by atoms with Crippen molar-refractivity contribution in [1.82, 2.24) is 0 Å². The van der Waals surface area contributed by atoms with Crippen LogP contribution in [0.15, 0.2) is 78.4 Å². The summed E-state index contributed by atoms with van der Waals surface area (Å²) in [4.78, 5) is 27.5. The number of carbonyl (C=O) groups is 2. The topological polar surface area (TPSA) is 76.1 Å². The van der Waals surface area contributed by atoms with Crippen LogP contribution in [0.25, 0.3) is 5.76 Å². The number of hydrogen-bond acceptors (Lipinski definition) is 5. The Morgan fingerprint density at radius 2 is 1.50 bits per heavy atom. The van der Waals surface area contributed by atoms with E-state index in [0.29, 0.717) is 16.9 Å². The molecule has 1 heterocycles. The number of ketones is 1. The van der Waals surface area contributed by atoms with Crippen LogP contribution in [-0.4, -0.2) is 30.3 Å². The van der Waals surface area contributed by atoms with Gasteiger partial charge >= 0.3 is 6.36 Å². The van der Waals surface area contributed by atoms with Gasteiger partial charge in [-0.15, -0.1) is 13.2 Å². The van der Waals surface area contributed by atoms with Crippen LogP contribution in [0, 0.1) is 0 Å². The van der Waals surface area contributed by atoms with Crippen LogP contribution in [0.4, 0.5) is 18.9 Å². The Bertz CT molecular complexity index is 1300. The van der Waals surface area contributed by atoms with Crippen LogP contribution in [0.5, 0.6) is 11.5 Å². The highest BCUT2D eigenvalue weighted by Gasteiger charge is 2.47. The van der Waals surface area contributed by atoms with Crippen LogP contribution < -0.4 is 14.4 Å². The minimum Gasteiger partial charge on any atom is -0.507 e. The summed E-state index contributed by atoms with van der Waals surface area (Å²) in [5.74, 6) is -2.12. The summed E-state index contributed by atoms with van der Waals surface area (Å²) in [7, 11) is 1.49. The van der Waals surface area contributed by atoms with Crippen molar-refractivity contribution in [3.8, 4) is 11.5 Å². The molecule has 0 spiro atoms. The molecule has 1 amide bonds. The number of alkyl halides is 3. The first kappa shape index (κ1) is 24.8. The zero-order valence-corrected chi connectivity index (χ0v) is 19.4. The number of aliphatic hydroxyl groups is 1. The lowest BCUT2D eigenvalue weighted by Gasteiger charge is -2.26. The largest absolute Gasteiger partial charge is 0.573 e. The fourth-order valence-corrected chi connectivity index (χ4v) is 4.06. The number of anilines is 1. The average molecular weight is 497 g/mol.